The molecule has 0 amide bonds. The topological polar surface area (TPSA) is 43.4 Å². The Morgan fingerprint density at radius 1 is 1.20 bits per heavy atom. The van der Waals surface area contributed by atoms with E-state index in [4.69, 9.17) is 0 Å². The van der Waals surface area contributed by atoms with Crippen molar-refractivity contribution in [2.75, 3.05) is 0 Å². The minimum Gasteiger partial charge on any atom is -0.376 e. The van der Waals surface area contributed by atoms with Gasteiger partial charge < -0.3 is 4.18 Å². The predicted octanol–water partition coefficient (Wildman–Crippen LogP) is 5.16. The van der Waals surface area contributed by atoms with Crippen LogP contribution in [0, 0.1) is 11.8 Å². The van der Waals surface area contributed by atoms with Crippen molar-refractivity contribution in [3.63, 3.8) is 0 Å². The van der Waals surface area contributed by atoms with Gasteiger partial charge in [-0.25, -0.2) is 0 Å². The maximum atomic E-state index is 12.5. The predicted molar refractivity (Wildman–Crippen MR) is 88.8 cm³/mol. The number of halogens is 3. The van der Waals surface area contributed by atoms with Crippen LogP contribution in [0.15, 0.2) is 18.2 Å². The summed E-state index contributed by atoms with van der Waals surface area (Å²) in [5.41, 5.74) is -3.33. The average Bonchev–Trinajstić information content (AvgIpc) is 2.53. The molecule has 0 aromatic heterocycles. The van der Waals surface area contributed by atoms with E-state index in [0.29, 0.717) is 11.8 Å². The minimum absolute atomic E-state index is 0.255. The van der Waals surface area contributed by atoms with Crippen LogP contribution in [-0.4, -0.2) is 13.9 Å². The molecule has 1 aromatic carbocycles. The number of fused-ring (bicyclic) bond motifs is 3. The van der Waals surface area contributed by atoms with Crippen LogP contribution in [0.1, 0.15) is 62.5 Å². The van der Waals surface area contributed by atoms with Gasteiger partial charge in [0.15, 0.2) is 0 Å². The first-order valence-electron chi connectivity index (χ1n) is 8.85. The van der Waals surface area contributed by atoms with Gasteiger partial charge in [-0.15, -0.1) is 0 Å². The van der Waals surface area contributed by atoms with Crippen molar-refractivity contribution in [2.24, 2.45) is 11.8 Å². The van der Waals surface area contributed by atoms with Crippen molar-refractivity contribution < 1.29 is 25.8 Å². The van der Waals surface area contributed by atoms with Crippen molar-refractivity contribution in [3.05, 3.63) is 29.3 Å². The molecule has 1 saturated carbocycles. The molecule has 3 unspecified atom stereocenters. The highest BCUT2D eigenvalue weighted by atomic mass is 32.2. The van der Waals surface area contributed by atoms with E-state index in [2.05, 4.69) is 11.1 Å². The molecule has 0 heterocycles. The van der Waals surface area contributed by atoms with E-state index in [0.717, 1.165) is 36.3 Å². The molecule has 2 aliphatic carbocycles. The highest BCUT2D eigenvalue weighted by Gasteiger charge is 2.48. The van der Waals surface area contributed by atoms with Crippen LogP contribution >= 0.6 is 0 Å². The summed E-state index contributed by atoms with van der Waals surface area (Å²) in [5.74, 6) is 1.59. The number of hydrogen-bond donors (Lipinski definition) is 0. The molecule has 0 aliphatic heterocycles. The van der Waals surface area contributed by atoms with Crippen LogP contribution in [0.3, 0.4) is 0 Å². The van der Waals surface area contributed by atoms with Gasteiger partial charge in [0.25, 0.3) is 0 Å². The van der Waals surface area contributed by atoms with Crippen molar-refractivity contribution >= 4 is 10.1 Å². The van der Waals surface area contributed by atoms with E-state index in [-0.39, 0.29) is 5.75 Å². The fourth-order valence-corrected chi connectivity index (χ4v) is 4.94. The molecular formula is C18H23F3O3S. The van der Waals surface area contributed by atoms with Crippen LogP contribution < -0.4 is 4.18 Å². The second-order valence-corrected chi connectivity index (χ2v) is 8.75. The second kappa shape index (κ2) is 6.82. The maximum absolute atomic E-state index is 12.5. The van der Waals surface area contributed by atoms with Gasteiger partial charge in [-0.2, -0.15) is 21.6 Å². The molecule has 0 spiro atoms. The third kappa shape index (κ3) is 3.81. The van der Waals surface area contributed by atoms with Crippen LogP contribution in [-0.2, 0) is 16.5 Å². The molecule has 140 valence electrons. The summed E-state index contributed by atoms with van der Waals surface area (Å²) in [7, 11) is -5.61. The molecular weight excluding hydrogens is 353 g/mol. The monoisotopic (exact) mass is 376 g/mol. The van der Waals surface area contributed by atoms with Crippen LogP contribution in [0.4, 0.5) is 13.2 Å². The highest BCUT2D eigenvalue weighted by Crippen LogP contribution is 2.48. The fraction of sp³-hybridized carbons (Fsp3) is 0.667. The Kier molecular flexibility index (Phi) is 5.06. The molecule has 0 radical (unpaired) electrons. The zero-order valence-corrected chi connectivity index (χ0v) is 15.0. The summed E-state index contributed by atoms with van der Waals surface area (Å²) < 4.78 is 64.0. The van der Waals surface area contributed by atoms with Gasteiger partial charge in [0, 0.05) is 0 Å². The first-order valence-corrected chi connectivity index (χ1v) is 10.3. The number of benzene rings is 1. The number of hydrogen-bond acceptors (Lipinski definition) is 3. The van der Waals surface area contributed by atoms with E-state index in [1.54, 1.807) is 6.07 Å². The van der Waals surface area contributed by atoms with Gasteiger partial charge in [-0.3, -0.25) is 0 Å². The standard InChI is InChI=1S/C18H23F3O3S/c1-2-3-12-4-8-16-13(10-12)5-6-14-11-15(7-9-17(14)16)24-25(22,23)18(19,20)21/h7,9,11-13,16H,2-6,8,10H2,1H3. The Morgan fingerprint density at radius 3 is 2.64 bits per heavy atom. The minimum atomic E-state index is -5.61. The molecule has 1 fully saturated rings. The summed E-state index contributed by atoms with van der Waals surface area (Å²) >= 11 is 0. The molecule has 1 aromatic rings. The highest BCUT2D eigenvalue weighted by molar-refractivity contribution is 7.88. The van der Waals surface area contributed by atoms with Gasteiger partial charge in [-0.1, -0.05) is 25.8 Å². The third-order valence-electron chi connectivity index (χ3n) is 5.58. The van der Waals surface area contributed by atoms with Crippen molar-refractivity contribution in [3.8, 4) is 5.75 Å². The Balaban J connectivity index is 1.78. The first-order chi connectivity index (χ1) is 11.7. The van der Waals surface area contributed by atoms with Crippen LogP contribution in [0.2, 0.25) is 0 Å². The Bertz CT molecular complexity index is 728. The Labute approximate surface area is 146 Å². The lowest BCUT2D eigenvalue weighted by Crippen LogP contribution is -2.29. The normalized spacial score (nSPS) is 26.6. The largest absolute Gasteiger partial charge is 0.534 e. The van der Waals surface area contributed by atoms with Gasteiger partial charge in [-0.05, 0) is 73.1 Å². The van der Waals surface area contributed by atoms with Gasteiger partial charge >= 0.3 is 15.6 Å². The van der Waals surface area contributed by atoms with E-state index in [9.17, 15) is 21.6 Å². The third-order valence-corrected chi connectivity index (χ3v) is 6.55. The van der Waals surface area contributed by atoms with Crippen LogP contribution in [0.25, 0.3) is 0 Å². The van der Waals surface area contributed by atoms with Crippen molar-refractivity contribution in [1.29, 1.82) is 0 Å². The molecule has 3 nitrogen and oxygen atoms in total. The smallest absolute Gasteiger partial charge is 0.376 e. The molecule has 0 N–H and O–H groups in total. The fourth-order valence-electron chi connectivity index (χ4n) is 4.49. The molecule has 3 atom stereocenters. The molecule has 2 aliphatic rings. The zero-order valence-electron chi connectivity index (χ0n) is 14.2. The zero-order chi connectivity index (χ0) is 18.2. The average molecular weight is 376 g/mol. The second-order valence-electron chi connectivity index (χ2n) is 7.22. The lowest BCUT2D eigenvalue weighted by molar-refractivity contribution is -0.0500. The van der Waals surface area contributed by atoms with Gasteiger partial charge in [0.2, 0.25) is 0 Å². The Hall–Kier alpha value is -1.24. The van der Waals surface area contributed by atoms with E-state index in [1.165, 1.54) is 37.8 Å². The first kappa shape index (κ1) is 18.5. The molecule has 0 saturated heterocycles. The van der Waals surface area contributed by atoms with Gasteiger partial charge in [0.05, 0.1) is 0 Å². The van der Waals surface area contributed by atoms with Gasteiger partial charge in [0.1, 0.15) is 5.75 Å². The van der Waals surface area contributed by atoms with Crippen molar-refractivity contribution in [1.82, 2.24) is 0 Å². The molecule has 25 heavy (non-hydrogen) atoms. The molecule has 7 heteroatoms. The lowest BCUT2D eigenvalue weighted by Gasteiger charge is -2.40. The van der Waals surface area contributed by atoms with E-state index < -0.39 is 15.6 Å². The van der Waals surface area contributed by atoms with Crippen molar-refractivity contribution in [2.45, 2.75) is 63.3 Å². The number of aryl methyl sites for hydroxylation is 1. The summed E-state index contributed by atoms with van der Waals surface area (Å²) in [4.78, 5) is 0. The maximum Gasteiger partial charge on any atom is 0.534 e. The molecule has 0 bridgehead atoms. The quantitative estimate of drug-likeness (QED) is 0.538. The number of rotatable bonds is 4. The van der Waals surface area contributed by atoms with E-state index in [1.807, 2.05) is 0 Å². The van der Waals surface area contributed by atoms with E-state index >= 15 is 0 Å². The number of alkyl halides is 3. The lowest BCUT2D eigenvalue weighted by atomic mass is 9.65. The molecule has 3 rings (SSSR count). The summed E-state index contributed by atoms with van der Waals surface area (Å²) in [6.45, 7) is 2.21. The summed E-state index contributed by atoms with van der Waals surface area (Å²) in [6.07, 6.45) is 7.74. The SMILES string of the molecule is CCCC1CCC2c3ccc(OS(=O)(=O)C(F)(F)F)cc3CCC2C1. The summed E-state index contributed by atoms with van der Waals surface area (Å²) in [6, 6.07) is 4.57. The van der Waals surface area contributed by atoms with Crippen LogP contribution in [0.5, 0.6) is 5.75 Å². The Morgan fingerprint density at radius 2 is 1.96 bits per heavy atom. The summed E-state index contributed by atoms with van der Waals surface area (Å²) in [5, 5.41) is 0.